The summed E-state index contributed by atoms with van der Waals surface area (Å²) < 4.78 is 57.7. The number of carbonyl (C=O) groups is 2. The Labute approximate surface area is 392 Å². The highest BCUT2D eigenvalue weighted by Crippen LogP contribution is 2.30. The summed E-state index contributed by atoms with van der Waals surface area (Å²) in [6.45, 7) is 0.729. The van der Waals surface area contributed by atoms with Crippen LogP contribution in [0.2, 0.25) is 0 Å². The van der Waals surface area contributed by atoms with Gasteiger partial charge < -0.3 is 54.7 Å². The van der Waals surface area contributed by atoms with Crippen LogP contribution in [-0.2, 0) is 46.8 Å². The summed E-state index contributed by atoms with van der Waals surface area (Å²) in [6.07, 6.45) is -8.00. The lowest BCUT2D eigenvalue weighted by molar-refractivity contribution is -0.355. The third kappa shape index (κ3) is 13.5. The number of aliphatic hydroxyl groups excluding tert-OH is 4. The van der Waals surface area contributed by atoms with E-state index in [1.54, 1.807) is 59.4 Å². The molecule has 0 unspecified atom stereocenters. The summed E-state index contributed by atoms with van der Waals surface area (Å²) in [5.74, 6) is -0.806. The van der Waals surface area contributed by atoms with E-state index in [2.05, 4.69) is 25.9 Å². The first kappa shape index (κ1) is 51.8. The fourth-order valence-electron chi connectivity index (χ4n) is 7.22. The summed E-state index contributed by atoms with van der Waals surface area (Å²) >= 11 is 0. The minimum atomic E-state index is -4.49. The average Bonchev–Trinajstić information content (AvgIpc) is 3.79. The zero-order chi connectivity index (χ0) is 49.0. The largest absolute Gasteiger partial charge is 0.394 e. The van der Waals surface area contributed by atoms with Crippen molar-refractivity contribution in [2.24, 2.45) is 10.2 Å². The summed E-state index contributed by atoms with van der Waals surface area (Å²) in [6, 6.07) is 23.8. The smallest absolute Gasteiger partial charge is 0.295 e. The number of aliphatic hydroxyl groups is 5. The van der Waals surface area contributed by atoms with E-state index in [0.717, 1.165) is 12.6 Å². The van der Waals surface area contributed by atoms with E-state index >= 15 is 0 Å². The van der Waals surface area contributed by atoms with Crippen LogP contribution in [0.5, 0.6) is 0 Å². The van der Waals surface area contributed by atoms with Gasteiger partial charge in [-0.15, -0.1) is 5.10 Å². The Hall–Kier alpha value is -5.63. The first-order valence-corrected chi connectivity index (χ1v) is 23.3. The molecule has 1 fully saturated rings. The van der Waals surface area contributed by atoms with Crippen LogP contribution in [-0.4, -0.2) is 155 Å². The van der Waals surface area contributed by atoms with Gasteiger partial charge >= 0.3 is 0 Å². The molecule has 6 rings (SSSR count). The van der Waals surface area contributed by atoms with Crippen molar-refractivity contribution in [3.05, 3.63) is 102 Å². The second-order valence-corrected chi connectivity index (χ2v) is 17.8. The highest BCUT2D eigenvalue weighted by atomic mass is 32.2. The van der Waals surface area contributed by atoms with Crippen LogP contribution < -0.4 is 10.2 Å². The van der Waals surface area contributed by atoms with E-state index in [1.165, 1.54) is 12.1 Å². The maximum Gasteiger partial charge on any atom is 0.295 e. The molecule has 0 bridgehead atoms. The molecular formula is C46H57N7O14S. The Morgan fingerprint density at radius 2 is 1.57 bits per heavy atom. The quantitative estimate of drug-likeness (QED) is 0.0145. The van der Waals surface area contributed by atoms with E-state index < -0.39 is 65.1 Å². The van der Waals surface area contributed by atoms with Gasteiger partial charge in [-0.05, 0) is 74.0 Å². The Bertz CT molecular complexity index is 2590. The third-order valence-corrected chi connectivity index (χ3v) is 12.1. The molecule has 0 saturated carbocycles. The molecule has 1 aliphatic rings. The van der Waals surface area contributed by atoms with E-state index in [1.807, 2.05) is 43.3 Å². The molecule has 1 aromatic heterocycles. The number of nitrogens with zero attached hydrogens (tertiary/aromatic N) is 6. The topological polar surface area (TPSA) is 297 Å². The van der Waals surface area contributed by atoms with Crippen molar-refractivity contribution in [1.82, 2.24) is 15.0 Å². The number of fused-ring (bicyclic) bond motifs is 1. The minimum Gasteiger partial charge on any atom is -0.394 e. The number of ketones is 2. The fourth-order valence-corrected chi connectivity index (χ4v) is 7.93. The zero-order valence-corrected chi connectivity index (χ0v) is 38.6. The molecule has 2 heterocycles. The third-order valence-electron chi connectivity index (χ3n) is 11.2. The number of azo groups is 1. The standard InChI is InChI=1S/C46H57N7O14S/c1-46(60,40(56)11-6-22-47-36-9-4-8-35-34(36)7-5-10-39(35)68(61,62)63)45(67-44-43(59)42(58)41(57)38(28-54)66-44)65-26-25-64-24-23-53-27-32(50-51-53)18-21-37(55)29-12-14-30(15-13-29)48-49-31-16-19-33(20-17-31)52(2)3/h4-5,7-10,12-17,19-20,27,38,41-45,47,54,57-60H,6,11,18,21-26,28H2,1-3H3,(H,61,62,63)/t38-,41+,42+,43-,44+,45-,46+/m1/s1. The lowest BCUT2D eigenvalue weighted by atomic mass is 9.95. The molecule has 1 saturated heterocycles. The molecule has 68 heavy (non-hydrogen) atoms. The van der Waals surface area contributed by atoms with Gasteiger partial charge in [-0.2, -0.15) is 18.6 Å². The number of anilines is 2. The normalized spacial score (nSPS) is 20.0. The van der Waals surface area contributed by atoms with E-state index in [-0.39, 0.29) is 62.9 Å². The molecule has 366 valence electrons. The maximum atomic E-state index is 13.6. The van der Waals surface area contributed by atoms with Crippen molar-refractivity contribution in [1.29, 1.82) is 0 Å². The highest BCUT2D eigenvalue weighted by Gasteiger charge is 2.49. The van der Waals surface area contributed by atoms with Crippen molar-refractivity contribution in [2.45, 2.75) is 86.6 Å². The second-order valence-electron chi connectivity index (χ2n) is 16.4. The van der Waals surface area contributed by atoms with E-state index in [9.17, 15) is 48.1 Å². The molecule has 0 spiro atoms. The van der Waals surface area contributed by atoms with Gasteiger partial charge in [-0.1, -0.05) is 29.5 Å². The predicted molar refractivity (Wildman–Crippen MR) is 247 cm³/mol. The Balaban J connectivity index is 0.968. The molecule has 4 aromatic carbocycles. The molecule has 0 radical (unpaired) electrons. The van der Waals surface area contributed by atoms with Crippen LogP contribution in [0, 0.1) is 0 Å². The van der Waals surface area contributed by atoms with Gasteiger partial charge in [-0.25, -0.2) is 4.68 Å². The highest BCUT2D eigenvalue weighted by molar-refractivity contribution is 7.86. The van der Waals surface area contributed by atoms with Crippen LogP contribution in [0.4, 0.5) is 22.7 Å². The molecule has 21 nitrogen and oxygen atoms in total. The SMILES string of the molecule is CN(C)c1ccc(N=Nc2ccc(C(=O)CCc3cn(CCOCCO[C@H](O[C@@H]4O[C@H](CO)[C@H](O)[C@H](O)[C@H]4O)[C@@](C)(O)C(=O)CCCNc4cccc5c(S(=O)(=O)O)cccc45)nn3)cc2)cc1. The van der Waals surface area contributed by atoms with Gasteiger partial charge in [0.15, 0.2) is 29.7 Å². The number of Topliss-reactive ketones (excluding diaryl/α,β-unsaturated/α-hetero) is 2. The number of hydrogen-bond acceptors (Lipinski definition) is 19. The van der Waals surface area contributed by atoms with E-state index in [4.69, 9.17) is 18.9 Å². The molecule has 22 heteroatoms. The summed E-state index contributed by atoms with van der Waals surface area (Å²) in [5.41, 5.74) is 1.68. The van der Waals surface area contributed by atoms with Gasteiger partial charge in [0.05, 0.1) is 50.0 Å². The Kier molecular flexibility index (Phi) is 18.0. The average molecular weight is 964 g/mol. The summed E-state index contributed by atoms with van der Waals surface area (Å²) in [5, 5.41) is 73.2. The number of benzene rings is 4. The van der Waals surface area contributed by atoms with E-state index in [0.29, 0.717) is 45.5 Å². The minimum absolute atomic E-state index is 0.0624. The fraction of sp³-hybridized carbons (Fsp3) is 0.435. The molecule has 0 aliphatic carbocycles. The number of carbonyl (C=O) groups excluding carboxylic acids is 2. The predicted octanol–water partition coefficient (Wildman–Crippen LogP) is 3.36. The van der Waals surface area contributed by atoms with Crippen LogP contribution >= 0.6 is 0 Å². The van der Waals surface area contributed by atoms with Crippen molar-refractivity contribution in [3.8, 4) is 0 Å². The molecule has 7 atom stereocenters. The van der Waals surface area contributed by atoms with Crippen LogP contribution in [0.25, 0.3) is 10.8 Å². The summed E-state index contributed by atoms with van der Waals surface area (Å²) in [7, 11) is -0.571. The molecule has 5 aromatic rings. The number of nitrogens with one attached hydrogen (secondary N) is 1. The van der Waals surface area contributed by atoms with Crippen molar-refractivity contribution in [2.75, 3.05) is 57.3 Å². The van der Waals surface area contributed by atoms with Gasteiger partial charge in [0.25, 0.3) is 10.1 Å². The number of aryl methyl sites for hydroxylation is 1. The lowest BCUT2D eigenvalue weighted by Crippen LogP contribution is -2.61. The number of hydrogen-bond donors (Lipinski definition) is 7. The molecular weight excluding hydrogens is 907 g/mol. The van der Waals surface area contributed by atoms with Crippen LogP contribution in [0.3, 0.4) is 0 Å². The van der Waals surface area contributed by atoms with Crippen molar-refractivity contribution in [3.63, 3.8) is 0 Å². The maximum absolute atomic E-state index is 13.6. The lowest BCUT2D eigenvalue weighted by Gasteiger charge is -2.42. The molecule has 1 aliphatic heterocycles. The van der Waals surface area contributed by atoms with Gasteiger partial charge in [0.1, 0.15) is 29.3 Å². The first-order valence-electron chi connectivity index (χ1n) is 21.8. The molecule has 7 N–H and O–H groups in total. The van der Waals surface area contributed by atoms with Gasteiger partial charge in [-0.3, -0.25) is 14.1 Å². The van der Waals surface area contributed by atoms with Crippen LogP contribution in [0.15, 0.2) is 106 Å². The Morgan fingerprint density at radius 3 is 2.25 bits per heavy atom. The Morgan fingerprint density at radius 1 is 0.897 bits per heavy atom. The first-order chi connectivity index (χ1) is 32.5. The van der Waals surface area contributed by atoms with Crippen molar-refractivity contribution >= 4 is 55.2 Å². The number of aromatic nitrogens is 3. The van der Waals surface area contributed by atoms with Gasteiger partial charge in [0.2, 0.25) is 0 Å². The monoisotopic (exact) mass is 963 g/mol. The second kappa shape index (κ2) is 23.6. The number of rotatable bonds is 25. The van der Waals surface area contributed by atoms with Gasteiger partial charge in [0, 0.05) is 73.8 Å². The zero-order valence-electron chi connectivity index (χ0n) is 37.7. The molecule has 0 amide bonds. The summed E-state index contributed by atoms with van der Waals surface area (Å²) in [4.78, 5) is 28.2. The van der Waals surface area contributed by atoms with Crippen molar-refractivity contribution < 1.29 is 67.0 Å². The number of ether oxygens (including phenoxy) is 4. The van der Waals surface area contributed by atoms with Crippen LogP contribution in [0.1, 0.15) is 42.2 Å².